The lowest BCUT2D eigenvalue weighted by Crippen LogP contribution is -2.27. The molecule has 0 spiro atoms. The molecular formula is C53H84O14. The van der Waals surface area contributed by atoms with Gasteiger partial charge in [-0.3, -0.25) is 0 Å². The highest BCUT2D eigenvalue weighted by atomic mass is 16.6. The Labute approximate surface area is 402 Å². The van der Waals surface area contributed by atoms with Gasteiger partial charge in [-0.15, -0.1) is 0 Å². The molecule has 2 rings (SSSR count). The van der Waals surface area contributed by atoms with Gasteiger partial charge in [0.25, 0.3) is 0 Å². The molecule has 14 nitrogen and oxygen atoms in total. The molecule has 380 valence electrons. The minimum Gasteiger partial charge on any atom is -0.489 e. The Bertz CT molecular complexity index is 1620. The normalized spacial score (nSPS) is 11.2. The zero-order valence-corrected chi connectivity index (χ0v) is 43.2. The minimum absolute atomic E-state index is 0.00504. The summed E-state index contributed by atoms with van der Waals surface area (Å²) >= 11 is 0. The summed E-state index contributed by atoms with van der Waals surface area (Å²) in [5.41, 5.74) is -0.0378. The van der Waals surface area contributed by atoms with Gasteiger partial charge < -0.3 is 56.8 Å². The summed E-state index contributed by atoms with van der Waals surface area (Å²) in [5, 5.41) is 0. The maximum Gasteiger partial charge on any atom is 0.341 e. The smallest absolute Gasteiger partial charge is 0.341 e. The Morgan fingerprint density at radius 3 is 0.761 bits per heavy atom. The maximum absolute atomic E-state index is 14.0. The van der Waals surface area contributed by atoms with E-state index in [9.17, 15) is 9.59 Å². The van der Waals surface area contributed by atoms with Crippen molar-refractivity contribution in [1.82, 2.24) is 0 Å². The molecule has 67 heavy (non-hydrogen) atoms. The van der Waals surface area contributed by atoms with Crippen molar-refractivity contribution in [2.75, 3.05) is 79.3 Å². The van der Waals surface area contributed by atoms with Crippen LogP contribution < -0.4 is 47.4 Å². The van der Waals surface area contributed by atoms with Crippen molar-refractivity contribution >= 4 is 11.9 Å². The van der Waals surface area contributed by atoms with Crippen LogP contribution in [-0.4, -0.2) is 91.2 Å². The third kappa shape index (κ3) is 16.7. The summed E-state index contributed by atoms with van der Waals surface area (Å²) in [6.07, 6.45) is 6.52. The van der Waals surface area contributed by atoms with E-state index in [1.807, 2.05) is 83.1 Å². The number of benzene rings is 2. The first-order valence-corrected chi connectivity index (χ1v) is 24.8. The second-order valence-corrected chi connectivity index (χ2v) is 16.5. The highest BCUT2D eigenvalue weighted by Crippen LogP contribution is 2.64. The third-order valence-electron chi connectivity index (χ3n) is 9.63. The van der Waals surface area contributed by atoms with Gasteiger partial charge in [0.05, 0.1) is 88.3 Å². The summed E-state index contributed by atoms with van der Waals surface area (Å²) < 4.78 is 77.6. The highest BCUT2D eigenvalue weighted by molar-refractivity contribution is 5.92. The number of carbonyl (C=O) groups is 2. The molecule has 0 saturated carbocycles. The molecule has 0 aliphatic rings. The number of rotatable bonds is 38. The average Bonchev–Trinajstić information content (AvgIpc) is 3.31. The molecule has 0 amide bonds. The van der Waals surface area contributed by atoms with Gasteiger partial charge in [0.2, 0.25) is 34.5 Å². The second-order valence-electron chi connectivity index (χ2n) is 16.5. The molecule has 14 heteroatoms. The van der Waals surface area contributed by atoms with Gasteiger partial charge in [-0.2, -0.15) is 0 Å². The van der Waals surface area contributed by atoms with Crippen molar-refractivity contribution in [3.8, 4) is 57.5 Å². The summed E-state index contributed by atoms with van der Waals surface area (Å²) in [6, 6.07) is 0. The molecule has 0 fully saturated rings. The summed E-state index contributed by atoms with van der Waals surface area (Å²) in [4.78, 5) is 27.9. The van der Waals surface area contributed by atoms with E-state index >= 15 is 0 Å². The van der Waals surface area contributed by atoms with Crippen LogP contribution in [-0.2, 0) is 24.5 Å². The molecule has 0 bridgehead atoms. The van der Waals surface area contributed by atoms with Crippen molar-refractivity contribution in [2.24, 2.45) is 0 Å². The second kappa shape index (κ2) is 32.0. The van der Waals surface area contributed by atoms with Crippen LogP contribution >= 0.6 is 0 Å². The SMILES string of the molecule is C=C(COCCC)C(=O)Oc1c(OCCC)c(OCCC)c(C(C)(C)c2c(OCCC)c(OCCC)c(OC(=O)C(=C)COCCC)c(OCCC)c2OCCC)c(OCCC)c1OCCC. The van der Waals surface area contributed by atoms with E-state index in [0.29, 0.717) is 75.7 Å². The largest absolute Gasteiger partial charge is 0.489 e. The number of hydrogen-bond acceptors (Lipinski definition) is 14. The zero-order valence-electron chi connectivity index (χ0n) is 43.2. The highest BCUT2D eigenvalue weighted by Gasteiger charge is 2.46. The Balaban J connectivity index is 3.52. The van der Waals surface area contributed by atoms with E-state index in [1.54, 1.807) is 0 Å². The first-order chi connectivity index (χ1) is 32.3. The number of hydrogen-bond donors (Lipinski definition) is 0. The molecule has 0 aliphatic heterocycles. The van der Waals surface area contributed by atoms with Crippen LogP contribution in [0.15, 0.2) is 24.3 Å². The summed E-state index contributed by atoms with van der Waals surface area (Å²) in [5.74, 6) is 0.192. The van der Waals surface area contributed by atoms with Gasteiger partial charge in [0.1, 0.15) is 0 Å². The topological polar surface area (TPSA) is 145 Å². The van der Waals surface area contributed by atoms with Crippen molar-refractivity contribution in [3.05, 3.63) is 35.4 Å². The molecule has 0 unspecified atom stereocenters. The van der Waals surface area contributed by atoms with Crippen molar-refractivity contribution in [3.63, 3.8) is 0 Å². The van der Waals surface area contributed by atoms with E-state index < -0.39 is 17.4 Å². The van der Waals surface area contributed by atoms with Gasteiger partial charge in [-0.25, -0.2) is 9.59 Å². The molecule has 0 atom stereocenters. The van der Waals surface area contributed by atoms with E-state index in [0.717, 1.165) is 12.8 Å². The number of carbonyl (C=O) groups excluding carboxylic acids is 2. The molecule has 0 radical (unpaired) electrons. The van der Waals surface area contributed by atoms with Gasteiger partial charge in [0.15, 0.2) is 23.0 Å². The fourth-order valence-corrected chi connectivity index (χ4v) is 6.56. The Kier molecular flexibility index (Phi) is 27.9. The first-order valence-electron chi connectivity index (χ1n) is 24.8. The lowest BCUT2D eigenvalue weighted by Gasteiger charge is -2.36. The van der Waals surface area contributed by atoms with Crippen molar-refractivity contribution in [2.45, 2.75) is 153 Å². The van der Waals surface area contributed by atoms with E-state index in [-0.39, 0.29) is 135 Å². The zero-order chi connectivity index (χ0) is 49.8. The summed E-state index contributed by atoms with van der Waals surface area (Å²) in [6.45, 7) is 34.7. The van der Waals surface area contributed by atoms with Crippen molar-refractivity contribution < 1.29 is 66.4 Å². The summed E-state index contributed by atoms with van der Waals surface area (Å²) in [7, 11) is 0. The van der Waals surface area contributed by atoms with Crippen LogP contribution in [0.5, 0.6) is 57.5 Å². The van der Waals surface area contributed by atoms with E-state index in [2.05, 4.69) is 13.2 Å². The molecule has 0 N–H and O–H groups in total. The minimum atomic E-state index is -1.25. The lowest BCUT2D eigenvalue weighted by molar-refractivity contribution is -0.132. The molecule has 0 heterocycles. The number of esters is 2. The average molecular weight is 945 g/mol. The molecule has 0 aromatic heterocycles. The number of ether oxygens (including phenoxy) is 12. The fourth-order valence-electron chi connectivity index (χ4n) is 6.56. The fraction of sp³-hybridized carbons (Fsp3) is 0.660. The van der Waals surface area contributed by atoms with Crippen LogP contribution in [0.2, 0.25) is 0 Å². The Hall–Kier alpha value is -4.82. The monoisotopic (exact) mass is 945 g/mol. The van der Waals surface area contributed by atoms with Gasteiger partial charge in [-0.05, 0) is 64.2 Å². The molecule has 0 aliphatic carbocycles. The van der Waals surface area contributed by atoms with Crippen molar-refractivity contribution in [1.29, 1.82) is 0 Å². The lowest BCUT2D eigenvalue weighted by atomic mass is 9.75. The first kappa shape index (κ1) is 58.3. The van der Waals surface area contributed by atoms with Crippen LogP contribution in [0.4, 0.5) is 0 Å². The maximum atomic E-state index is 14.0. The van der Waals surface area contributed by atoms with Gasteiger partial charge in [-0.1, -0.05) is 96.2 Å². The standard InChI is InChI=1S/C53H84O14/c1-15-25-56-35-37(11)51(54)66-49-45(62-31-21-7)41(58-27-17-3)39(42(59-28-18-4)46(49)63-32-22-8)53(13,14)40-43(60-29-19-5)47(64-33-23-9)50(67-52(55)38(12)36-57-26-16-2)48(65-34-24-10)44(40)61-30-20-6/h11-12,15-36H2,1-10,13-14H3. The molecule has 2 aromatic rings. The molecule has 0 saturated heterocycles. The molecule has 2 aromatic carbocycles. The van der Waals surface area contributed by atoms with Gasteiger partial charge in [0, 0.05) is 18.6 Å². The Morgan fingerprint density at radius 2 is 0.552 bits per heavy atom. The predicted octanol–water partition coefficient (Wildman–Crippen LogP) is 12.1. The quantitative estimate of drug-likeness (QED) is 0.0272. The van der Waals surface area contributed by atoms with E-state index in [1.165, 1.54) is 0 Å². The van der Waals surface area contributed by atoms with Crippen LogP contribution in [0.25, 0.3) is 0 Å². The predicted molar refractivity (Wildman–Crippen MR) is 263 cm³/mol. The van der Waals surface area contributed by atoms with Crippen LogP contribution in [0.1, 0.15) is 158 Å². The van der Waals surface area contributed by atoms with Crippen LogP contribution in [0, 0.1) is 0 Å². The van der Waals surface area contributed by atoms with Gasteiger partial charge >= 0.3 is 11.9 Å². The van der Waals surface area contributed by atoms with E-state index in [4.69, 9.17) is 56.8 Å². The van der Waals surface area contributed by atoms with Crippen LogP contribution in [0.3, 0.4) is 0 Å². The Morgan fingerprint density at radius 1 is 0.343 bits per heavy atom. The molecular weight excluding hydrogens is 861 g/mol. The third-order valence-corrected chi connectivity index (χ3v) is 9.63.